The van der Waals surface area contributed by atoms with Crippen LogP contribution in [0, 0.1) is 4.64 Å². The van der Waals surface area contributed by atoms with Gasteiger partial charge in [0.15, 0.2) is 23.1 Å². The standard InChI is InChI=1S/C14H16N4O5S/c1-6-10(22-7(2)19)11(23-8(3)20)14(21-6)18-5-17-9-12(18)15-4-16-13(9)24/h4-6,10-11,14H,1-3H3,(H,15,16,24)/t6-,10+,11+,14-/m1/s1. The summed E-state index contributed by atoms with van der Waals surface area (Å²) in [5, 5.41) is 0. The summed E-state index contributed by atoms with van der Waals surface area (Å²) in [6, 6.07) is 0. The smallest absolute Gasteiger partial charge is 0.303 e. The van der Waals surface area contributed by atoms with Crippen molar-refractivity contribution in [2.24, 2.45) is 0 Å². The molecule has 1 aliphatic rings. The van der Waals surface area contributed by atoms with E-state index < -0.39 is 36.5 Å². The molecule has 0 bridgehead atoms. The van der Waals surface area contributed by atoms with Crippen molar-refractivity contribution in [2.75, 3.05) is 0 Å². The molecule has 0 radical (unpaired) electrons. The maximum Gasteiger partial charge on any atom is 0.303 e. The van der Waals surface area contributed by atoms with Gasteiger partial charge in [-0.2, -0.15) is 0 Å². The molecular formula is C14H16N4O5S. The fraction of sp³-hybridized carbons (Fsp3) is 0.500. The number of aromatic amines is 1. The molecular weight excluding hydrogens is 336 g/mol. The summed E-state index contributed by atoms with van der Waals surface area (Å²) in [4.78, 5) is 34.0. The SMILES string of the molecule is CC(=O)O[C@@H]1[C@H](OC(C)=O)[C@H](n2cnc3c(=S)nc[nH]c32)O[C@@H]1C. The lowest BCUT2D eigenvalue weighted by Gasteiger charge is -2.23. The highest BCUT2D eigenvalue weighted by molar-refractivity contribution is 7.71. The van der Waals surface area contributed by atoms with Gasteiger partial charge < -0.3 is 19.2 Å². The molecule has 0 spiro atoms. The summed E-state index contributed by atoms with van der Waals surface area (Å²) in [5.74, 6) is -0.980. The lowest BCUT2D eigenvalue weighted by atomic mass is 10.1. The van der Waals surface area contributed by atoms with E-state index in [0.717, 1.165) is 0 Å². The van der Waals surface area contributed by atoms with Crippen LogP contribution >= 0.6 is 12.2 Å². The molecule has 0 aliphatic carbocycles. The van der Waals surface area contributed by atoms with Crippen molar-refractivity contribution in [3.63, 3.8) is 0 Å². The van der Waals surface area contributed by atoms with E-state index in [-0.39, 0.29) is 0 Å². The predicted octanol–water partition coefficient (Wildman–Crippen LogP) is 1.27. The lowest BCUT2D eigenvalue weighted by Crippen LogP contribution is -2.38. The van der Waals surface area contributed by atoms with E-state index in [0.29, 0.717) is 15.8 Å². The summed E-state index contributed by atoms with van der Waals surface area (Å²) in [6.45, 7) is 4.32. The van der Waals surface area contributed by atoms with Crippen LogP contribution in [0.15, 0.2) is 12.7 Å². The average molecular weight is 352 g/mol. The Hall–Kier alpha value is -2.33. The fourth-order valence-electron chi connectivity index (χ4n) is 2.77. The van der Waals surface area contributed by atoms with E-state index >= 15 is 0 Å². The van der Waals surface area contributed by atoms with Gasteiger partial charge >= 0.3 is 11.9 Å². The van der Waals surface area contributed by atoms with E-state index in [1.165, 1.54) is 26.5 Å². The van der Waals surface area contributed by atoms with Crippen LogP contribution in [-0.2, 0) is 23.8 Å². The van der Waals surface area contributed by atoms with E-state index in [9.17, 15) is 9.59 Å². The molecule has 0 aromatic carbocycles. The number of esters is 2. The summed E-state index contributed by atoms with van der Waals surface area (Å²) >= 11 is 5.14. The normalized spacial score (nSPS) is 26.5. The molecule has 9 nitrogen and oxygen atoms in total. The van der Waals surface area contributed by atoms with Gasteiger partial charge in [-0.05, 0) is 6.92 Å². The maximum absolute atomic E-state index is 11.5. The molecule has 3 rings (SSSR count). The molecule has 128 valence electrons. The largest absolute Gasteiger partial charge is 0.456 e. The zero-order valence-electron chi connectivity index (χ0n) is 13.3. The molecule has 3 heterocycles. The van der Waals surface area contributed by atoms with Crippen molar-refractivity contribution in [3.05, 3.63) is 17.3 Å². The van der Waals surface area contributed by atoms with Gasteiger partial charge in [-0.25, -0.2) is 9.97 Å². The first kappa shape index (κ1) is 16.5. The second kappa shape index (κ2) is 6.29. The molecule has 0 amide bonds. The summed E-state index contributed by atoms with van der Waals surface area (Å²) in [5.41, 5.74) is 1.08. The Bertz CT molecular complexity index is 847. The van der Waals surface area contributed by atoms with Gasteiger partial charge in [0.1, 0.15) is 11.2 Å². The molecule has 0 saturated carbocycles. The van der Waals surface area contributed by atoms with Crippen LogP contribution in [-0.4, -0.2) is 49.8 Å². The number of nitrogens with zero attached hydrogens (tertiary/aromatic N) is 3. The molecule has 24 heavy (non-hydrogen) atoms. The van der Waals surface area contributed by atoms with E-state index in [1.807, 2.05) is 0 Å². The Labute approximate surface area is 141 Å². The Morgan fingerprint density at radius 2 is 1.92 bits per heavy atom. The monoisotopic (exact) mass is 352 g/mol. The van der Waals surface area contributed by atoms with Crippen LogP contribution in [0.2, 0.25) is 0 Å². The summed E-state index contributed by atoms with van der Waals surface area (Å²) < 4.78 is 18.5. The Balaban J connectivity index is 2.03. The Morgan fingerprint density at radius 3 is 2.58 bits per heavy atom. The van der Waals surface area contributed by atoms with Crippen LogP contribution in [0.25, 0.3) is 11.2 Å². The van der Waals surface area contributed by atoms with Crippen LogP contribution < -0.4 is 0 Å². The number of fused-ring (bicyclic) bond motifs is 1. The molecule has 10 heteroatoms. The van der Waals surface area contributed by atoms with Crippen LogP contribution in [0.3, 0.4) is 0 Å². The molecule has 0 unspecified atom stereocenters. The van der Waals surface area contributed by atoms with Crippen molar-refractivity contribution >= 4 is 35.3 Å². The van der Waals surface area contributed by atoms with Crippen LogP contribution in [0.1, 0.15) is 27.0 Å². The lowest BCUT2D eigenvalue weighted by molar-refractivity contribution is -0.165. The number of rotatable bonds is 3. The van der Waals surface area contributed by atoms with Gasteiger partial charge in [0.05, 0.1) is 18.8 Å². The predicted molar refractivity (Wildman–Crippen MR) is 83.4 cm³/mol. The molecule has 1 N–H and O–H groups in total. The first-order chi connectivity index (χ1) is 11.4. The summed E-state index contributed by atoms with van der Waals surface area (Å²) in [7, 11) is 0. The zero-order valence-corrected chi connectivity index (χ0v) is 14.1. The number of carbonyl (C=O) groups is 2. The van der Waals surface area contributed by atoms with Gasteiger partial charge in [0.2, 0.25) is 0 Å². The molecule has 1 fully saturated rings. The maximum atomic E-state index is 11.5. The number of H-pyrrole nitrogens is 1. The van der Waals surface area contributed by atoms with E-state index in [1.54, 1.807) is 11.5 Å². The van der Waals surface area contributed by atoms with Gasteiger partial charge in [0, 0.05) is 13.8 Å². The van der Waals surface area contributed by atoms with Crippen molar-refractivity contribution in [1.29, 1.82) is 0 Å². The molecule has 1 saturated heterocycles. The van der Waals surface area contributed by atoms with Crippen LogP contribution in [0.4, 0.5) is 0 Å². The fourth-order valence-corrected chi connectivity index (χ4v) is 2.97. The Kier molecular flexibility index (Phi) is 4.33. The second-order valence-electron chi connectivity index (χ2n) is 5.44. The highest BCUT2D eigenvalue weighted by Crippen LogP contribution is 2.35. The van der Waals surface area contributed by atoms with Gasteiger partial charge in [-0.3, -0.25) is 14.2 Å². The molecule has 1 aliphatic heterocycles. The first-order valence-corrected chi connectivity index (χ1v) is 7.69. The van der Waals surface area contributed by atoms with Crippen molar-refractivity contribution in [3.8, 4) is 0 Å². The number of hydrogen-bond acceptors (Lipinski definition) is 8. The third kappa shape index (κ3) is 2.89. The number of carbonyl (C=O) groups excluding carboxylic acids is 2. The van der Waals surface area contributed by atoms with Gasteiger partial charge in [0.25, 0.3) is 0 Å². The quantitative estimate of drug-likeness (QED) is 0.650. The average Bonchev–Trinajstić information content (AvgIpc) is 3.03. The van der Waals surface area contributed by atoms with Crippen LogP contribution in [0.5, 0.6) is 0 Å². The second-order valence-corrected chi connectivity index (χ2v) is 5.82. The molecule has 4 atom stereocenters. The third-order valence-electron chi connectivity index (χ3n) is 3.68. The minimum Gasteiger partial charge on any atom is -0.456 e. The topological polar surface area (TPSA) is 108 Å². The van der Waals surface area contributed by atoms with Gasteiger partial charge in [-0.1, -0.05) is 12.2 Å². The molecule has 2 aromatic rings. The van der Waals surface area contributed by atoms with E-state index in [2.05, 4.69) is 15.0 Å². The number of imidazole rings is 1. The van der Waals surface area contributed by atoms with Crippen molar-refractivity contribution in [1.82, 2.24) is 19.5 Å². The minimum absolute atomic E-state index is 0.342. The number of hydrogen-bond donors (Lipinski definition) is 1. The number of ether oxygens (including phenoxy) is 3. The Morgan fingerprint density at radius 1 is 1.25 bits per heavy atom. The highest BCUT2D eigenvalue weighted by atomic mass is 32.1. The number of aromatic nitrogens is 4. The zero-order chi connectivity index (χ0) is 17.4. The van der Waals surface area contributed by atoms with Crippen molar-refractivity contribution in [2.45, 2.75) is 45.3 Å². The number of nitrogens with one attached hydrogen (secondary N) is 1. The van der Waals surface area contributed by atoms with Crippen molar-refractivity contribution < 1.29 is 23.8 Å². The highest BCUT2D eigenvalue weighted by Gasteiger charge is 2.48. The van der Waals surface area contributed by atoms with Gasteiger partial charge in [-0.15, -0.1) is 0 Å². The first-order valence-electron chi connectivity index (χ1n) is 7.28. The summed E-state index contributed by atoms with van der Waals surface area (Å²) in [6.07, 6.45) is 0.248. The third-order valence-corrected chi connectivity index (χ3v) is 3.98. The molecule has 2 aromatic heterocycles. The van der Waals surface area contributed by atoms with E-state index in [4.69, 9.17) is 26.4 Å². The minimum atomic E-state index is -0.811.